The lowest BCUT2D eigenvalue weighted by molar-refractivity contribution is 0.615. The van der Waals surface area contributed by atoms with Gasteiger partial charge >= 0.3 is 0 Å². The maximum Gasteiger partial charge on any atom is 0.110 e. The van der Waals surface area contributed by atoms with Crippen molar-refractivity contribution in [2.75, 3.05) is 0 Å². The van der Waals surface area contributed by atoms with Crippen LogP contribution in [0, 0.1) is 0 Å². The van der Waals surface area contributed by atoms with Crippen LogP contribution in [0.1, 0.15) is 38.7 Å². The molecule has 0 aromatic carbocycles. The molecule has 1 aromatic heterocycles. The minimum absolute atomic E-state index is 0.0510. The molecule has 0 radical (unpaired) electrons. The topological polar surface area (TPSA) is 42.0 Å². The van der Waals surface area contributed by atoms with Gasteiger partial charge in [-0.25, -0.2) is 13.9 Å². The van der Waals surface area contributed by atoms with Gasteiger partial charge in [0, 0.05) is 11.6 Å². The average Bonchev–Trinajstić information content (AvgIpc) is 2.53. The predicted molar refractivity (Wildman–Crippen MR) is 61.6 cm³/mol. The molecule has 0 bridgehead atoms. The van der Waals surface area contributed by atoms with Gasteiger partial charge < -0.3 is 0 Å². The van der Waals surface area contributed by atoms with Crippen molar-refractivity contribution >= 4 is 22.3 Å². The third kappa shape index (κ3) is 3.15. The molecule has 0 saturated carbocycles. The molecule has 0 saturated heterocycles. The number of nitrogens with one attached hydrogen (secondary N) is 1. The van der Waals surface area contributed by atoms with Gasteiger partial charge in [-0.1, -0.05) is 0 Å². The zero-order valence-electron chi connectivity index (χ0n) is 8.90. The van der Waals surface area contributed by atoms with Gasteiger partial charge in [0.05, 0.1) is 21.8 Å². The van der Waals surface area contributed by atoms with Crippen molar-refractivity contribution in [3.63, 3.8) is 0 Å². The minimum Gasteiger partial charge on any atom is -0.248 e. The summed E-state index contributed by atoms with van der Waals surface area (Å²) in [5.74, 6) is 0. The number of hydrogen-bond acceptors (Lipinski definition) is 3. The van der Waals surface area contributed by atoms with Crippen LogP contribution in [0.25, 0.3) is 0 Å². The van der Waals surface area contributed by atoms with Crippen LogP contribution < -0.4 is 4.72 Å². The first-order valence-corrected chi connectivity index (χ1v) is 6.51. The maximum absolute atomic E-state index is 11.7. The Morgan fingerprint density at radius 3 is 2.64 bits per heavy atom. The quantitative estimate of drug-likeness (QED) is 0.868. The Bertz CT molecular complexity index is 303. The molecule has 1 aromatic rings. The summed E-state index contributed by atoms with van der Waals surface area (Å²) in [5, 5.41) is 2.90. The Morgan fingerprint density at radius 2 is 2.21 bits per heavy atom. The zero-order valence-corrected chi connectivity index (χ0v) is 10.5. The molecule has 0 amide bonds. The van der Waals surface area contributed by atoms with Crippen molar-refractivity contribution in [2.45, 2.75) is 38.5 Å². The fourth-order valence-electron chi connectivity index (χ4n) is 0.836. The van der Waals surface area contributed by atoms with Crippen molar-refractivity contribution in [1.82, 2.24) is 9.71 Å². The molecule has 0 aliphatic heterocycles. The monoisotopic (exact) mass is 232 g/mol. The molecule has 1 N–H and O–H groups in total. The Hall–Kier alpha value is -0.260. The molecule has 2 atom stereocenters. The smallest absolute Gasteiger partial charge is 0.110 e. The van der Waals surface area contributed by atoms with E-state index in [1.165, 1.54) is 0 Å². The van der Waals surface area contributed by atoms with Gasteiger partial charge in [-0.15, -0.1) is 11.3 Å². The fraction of sp³-hybridized carbons (Fsp3) is 0.667. The van der Waals surface area contributed by atoms with Crippen LogP contribution in [0.15, 0.2) is 11.6 Å². The van der Waals surface area contributed by atoms with Crippen LogP contribution in [-0.2, 0) is 11.0 Å². The summed E-state index contributed by atoms with van der Waals surface area (Å²) in [6.45, 7) is 7.82. The van der Waals surface area contributed by atoms with E-state index in [4.69, 9.17) is 0 Å². The van der Waals surface area contributed by atoms with E-state index in [-0.39, 0.29) is 10.8 Å². The van der Waals surface area contributed by atoms with E-state index in [0.717, 1.165) is 5.01 Å². The summed E-state index contributed by atoms with van der Waals surface area (Å²) in [6.07, 6.45) is 1.76. The summed E-state index contributed by atoms with van der Waals surface area (Å²) in [5.41, 5.74) is 0. The van der Waals surface area contributed by atoms with Gasteiger partial charge in [-0.2, -0.15) is 0 Å². The zero-order chi connectivity index (χ0) is 10.8. The number of aromatic nitrogens is 1. The van der Waals surface area contributed by atoms with Crippen molar-refractivity contribution in [1.29, 1.82) is 0 Å². The Kier molecular flexibility index (Phi) is 3.80. The van der Waals surface area contributed by atoms with Crippen molar-refractivity contribution in [3.05, 3.63) is 16.6 Å². The van der Waals surface area contributed by atoms with Crippen LogP contribution in [0.5, 0.6) is 0 Å². The third-order valence-electron chi connectivity index (χ3n) is 1.66. The van der Waals surface area contributed by atoms with Crippen molar-refractivity contribution < 1.29 is 4.21 Å². The second-order valence-corrected chi connectivity index (χ2v) is 7.02. The van der Waals surface area contributed by atoms with Crippen LogP contribution >= 0.6 is 11.3 Å². The summed E-state index contributed by atoms with van der Waals surface area (Å²) in [6, 6.07) is 0.0510. The highest BCUT2D eigenvalue weighted by Gasteiger charge is 2.22. The second kappa shape index (κ2) is 4.51. The number of nitrogens with zero attached hydrogens (tertiary/aromatic N) is 1. The molecule has 0 unspecified atom stereocenters. The highest BCUT2D eigenvalue weighted by atomic mass is 32.2. The highest BCUT2D eigenvalue weighted by molar-refractivity contribution is 7.84. The lowest BCUT2D eigenvalue weighted by Crippen LogP contribution is -2.34. The average molecular weight is 232 g/mol. The van der Waals surface area contributed by atoms with E-state index >= 15 is 0 Å². The maximum atomic E-state index is 11.7. The summed E-state index contributed by atoms with van der Waals surface area (Å²) < 4.78 is 14.6. The molecule has 0 spiro atoms. The Balaban J connectivity index is 2.58. The second-order valence-electron chi connectivity index (χ2n) is 4.09. The van der Waals surface area contributed by atoms with E-state index < -0.39 is 11.0 Å². The molecule has 0 aliphatic carbocycles. The van der Waals surface area contributed by atoms with Gasteiger partial charge in [0.2, 0.25) is 0 Å². The van der Waals surface area contributed by atoms with Crippen molar-refractivity contribution in [3.8, 4) is 0 Å². The largest absolute Gasteiger partial charge is 0.248 e. The van der Waals surface area contributed by atoms with Gasteiger partial charge in [0.25, 0.3) is 0 Å². The molecule has 5 heteroatoms. The molecular weight excluding hydrogens is 216 g/mol. The standard InChI is InChI=1S/C9H16N2OS2/c1-7(8-10-5-6-13-8)11-14(12)9(2,3)4/h5-7,11H,1-4H3/t7-,14-/m0/s1. The van der Waals surface area contributed by atoms with Crippen LogP contribution in [0.2, 0.25) is 0 Å². The highest BCUT2D eigenvalue weighted by Crippen LogP contribution is 2.18. The summed E-state index contributed by atoms with van der Waals surface area (Å²) in [7, 11) is -1.04. The predicted octanol–water partition coefficient (Wildman–Crippen LogP) is 2.26. The number of thiazole rings is 1. The lowest BCUT2D eigenvalue weighted by atomic mass is 10.3. The summed E-state index contributed by atoms with van der Waals surface area (Å²) >= 11 is 1.58. The first-order chi connectivity index (χ1) is 6.41. The number of rotatable bonds is 3. The van der Waals surface area contributed by atoms with Crippen molar-refractivity contribution in [2.24, 2.45) is 0 Å². The van der Waals surface area contributed by atoms with Gasteiger partial charge in [-0.05, 0) is 27.7 Å². The van der Waals surface area contributed by atoms with E-state index in [2.05, 4.69) is 9.71 Å². The minimum atomic E-state index is -1.04. The van der Waals surface area contributed by atoms with E-state index in [9.17, 15) is 4.21 Å². The SMILES string of the molecule is C[C@H](N[S@@](=O)C(C)(C)C)c1nccs1. The summed E-state index contributed by atoms with van der Waals surface area (Å²) in [4.78, 5) is 4.17. The molecule has 1 heterocycles. The van der Waals surface area contributed by atoms with E-state index in [0.29, 0.717) is 0 Å². The lowest BCUT2D eigenvalue weighted by Gasteiger charge is -2.20. The fourth-order valence-corrected chi connectivity index (χ4v) is 2.34. The van der Waals surface area contributed by atoms with E-state index in [1.54, 1.807) is 17.5 Å². The normalized spacial score (nSPS) is 16.6. The van der Waals surface area contributed by atoms with Crippen LogP contribution in [0.4, 0.5) is 0 Å². The third-order valence-corrected chi connectivity index (χ3v) is 4.30. The first kappa shape index (κ1) is 11.8. The Morgan fingerprint density at radius 1 is 1.57 bits per heavy atom. The molecule has 14 heavy (non-hydrogen) atoms. The van der Waals surface area contributed by atoms with Gasteiger partial charge in [0.1, 0.15) is 5.01 Å². The molecule has 0 fully saturated rings. The molecule has 80 valence electrons. The van der Waals surface area contributed by atoms with Crippen LogP contribution in [-0.4, -0.2) is 13.9 Å². The van der Waals surface area contributed by atoms with E-state index in [1.807, 2.05) is 33.1 Å². The first-order valence-electron chi connectivity index (χ1n) is 4.48. The van der Waals surface area contributed by atoms with Gasteiger partial charge in [0.15, 0.2) is 0 Å². The molecule has 0 aliphatic rings. The van der Waals surface area contributed by atoms with Gasteiger partial charge in [-0.3, -0.25) is 0 Å². The van der Waals surface area contributed by atoms with Crippen LogP contribution in [0.3, 0.4) is 0 Å². The number of hydrogen-bond donors (Lipinski definition) is 1. The Labute approximate surface area is 91.5 Å². The molecular formula is C9H16N2OS2. The molecule has 3 nitrogen and oxygen atoms in total. The molecule has 1 rings (SSSR count).